The predicted molar refractivity (Wildman–Crippen MR) is 72.5 cm³/mol. The zero-order chi connectivity index (χ0) is 12.8. The van der Waals surface area contributed by atoms with Gasteiger partial charge >= 0.3 is 0 Å². The van der Waals surface area contributed by atoms with Crippen molar-refractivity contribution in [3.63, 3.8) is 0 Å². The van der Waals surface area contributed by atoms with Crippen LogP contribution >= 0.6 is 0 Å². The summed E-state index contributed by atoms with van der Waals surface area (Å²) in [5.74, 6) is 1.16. The average Bonchev–Trinajstić information content (AvgIpc) is 3.02. The molecule has 1 aliphatic heterocycles. The highest BCUT2D eigenvalue weighted by Crippen LogP contribution is 2.23. The van der Waals surface area contributed by atoms with Crippen molar-refractivity contribution in [3.8, 4) is 0 Å². The normalized spacial score (nSPS) is 21.3. The summed E-state index contributed by atoms with van der Waals surface area (Å²) in [6, 6.07) is 0.343. The van der Waals surface area contributed by atoms with Gasteiger partial charge in [0.25, 0.3) is 0 Å². The zero-order valence-electron chi connectivity index (χ0n) is 11.6. The molecule has 0 aromatic carbocycles. The third-order valence-corrected chi connectivity index (χ3v) is 3.67. The van der Waals surface area contributed by atoms with Crippen molar-refractivity contribution in [1.29, 1.82) is 0 Å². The molecule has 1 N–H and O–H groups in total. The second-order valence-corrected chi connectivity index (χ2v) is 5.03. The Morgan fingerprint density at radius 1 is 1.61 bits per heavy atom. The zero-order valence-corrected chi connectivity index (χ0v) is 11.6. The van der Waals surface area contributed by atoms with Gasteiger partial charge in [-0.1, -0.05) is 6.92 Å². The first-order valence-electron chi connectivity index (χ1n) is 7.15. The lowest BCUT2D eigenvalue weighted by atomic mass is 10.1. The van der Waals surface area contributed by atoms with Crippen LogP contribution in [0.15, 0.2) is 12.4 Å². The molecule has 1 fully saturated rings. The second kappa shape index (κ2) is 6.90. The largest absolute Gasteiger partial charge is 0.378 e. The molecule has 4 nitrogen and oxygen atoms in total. The molecule has 0 spiro atoms. The lowest BCUT2D eigenvalue weighted by molar-refractivity contribution is 0.0994. The number of nitrogens with one attached hydrogen (secondary N) is 1. The highest BCUT2D eigenvalue weighted by molar-refractivity contribution is 4.99. The Balaban J connectivity index is 1.91. The quantitative estimate of drug-likeness (QED) is 0.809. The number of hydrogen-bond donors (Lipinski definition) is 1. The molecule has 0 amide bonds. The molecular weight excluding hydrogens is 226 g/mol. The number of rotatable bonds is 7. The molecule has 0 aliphatic carbocycles. The van der Waals surface area contributed by atoms with E-state index in [1.165, 1.54) is 12.8 Å². The van der Waals surface area contributed by atoms with E-state index in [0.29, 0.717) is 12.1 Å². The lowest BCUT2D eigenvalue weighted by Gasteiger charge is -2.19. The topological polar surface area (TPSA) is 39.1 Å². The summed E-state index contributed by atoms with van der Waals surface area (Å²) in [5.41, 5.74) is 0. The fourth-order valence-corrected chi connectivity index (χ4v) is 2.69. The maximum Gasteiger partial charge on any atom is 0.125 e. The van der Waals surface area contributed by atoms with Gasteiger partial charge in [-0.2, -0.15) is 0 Å². The molecular formula is C14H25N3O. The third-order valence-electron chi connectivity index (χ3n) is 3.67. The van der Waals surface area contributed by atoms with Gasteiger partial charge in [-0.25, -0.2) is 4.98 Å². The van der Waals surface area contributed by atoms with Crippen LogP contribution in [0.1, 0.15) is 50.9 Å². The molecule has 2 heterocycles. The van der Waals surface area contributed by atoms with E-state index in [0.717, 1.165) is 38.2 Å². The molecule has 2 unspecified atom stereocenters. The van der Waals surface area contributed by atoms with Crippen molar-refractivity contribution < 1.29 is 4.74 Å². The monoisotopic (exact) mass is 251 g/mol. The van der Waals surface area contributed by atoms with E-state index in [9.17, 15) is 0 Å². The number of aryl methyl sites for hydroxylation is 1. The molecule has 0 saturated carbocycles. The van der Waals surface area contributed by atoms with Gasteiger partial charge in [-0.15, -0.1) is 0 Å². The van der Waals surface area contributed by atoms with Crippen molar-refractivity contribution in [3.05, 3.63) is 18.2 Å². The lowest BCUT2D eigenvalue weighted by Crippen LogP contribution is -2.22. The van der Waals surface area contributed by atoms with E-state index in [1.807, 2.05) is 13.2 Å². The summed E-state index contributed by atoms with van der Waals surface area (Å²) in [6.45, 7) is 4.19. The summed E-state index contributed by atoms with van der Waals surface area (Å²) in [5, 5.41) is 3.39. The molecule has 1 aliphatic rings. The first-order valence-corrected chi connectivity index (χ1v) is 7.15. The van der Waals surface area contributed by atoms with Gasteiger partial charge in [-0.3, -0.25) is 0 Å². The predicted octanol–water partition coefficient (Wildman–Crippen LogP) is 2.51. The Labute approximate surface area is 110 Å². The minimum atomic E-state index is 0.343. The Bertz CT molecular complexity index is 345. The number of aromatic nitrogens is 2. The Morgan fingerprint density at radius 3 is 3.17 bits per heavy atom. The highest BCUT2D eigenvalue weighted by Gasteiger charge is 2.20. The number of nitrogens with zero attached hydrogens (tertiary/aromatic N) is 2. The van der Waals surface area contributed by atoms with Gasteiger partial charge in [0.05, 0.1) is 12.1 Å². The average molecular weight is 251 g/mol. The molecule has 1 aromatic heterocycles. The van der Waals surface area contributed by atoms with Crippen LogP contribution in [0.5, 0.6) is 0 Å². The first kappa shape index (κ1) is 13.6. The van der Waals surface area contributed by atoms with E-state index in [2.05, 4.69) is 28.0 Å². The van der Waals surface area contributed by atoms with E-state index in [-0.39, 0.29) is 0 Å². The van der Waals surface area contributed by atoms with Gasteiger partial charge < -0.3 is 14.6 Å². The fraction of sp³-hybridized carbons (Fsp3) is 0.786. The van der Waals surface area contributed by atoms with Crippen LogP contribution in [0, 0.1) is 0 Å². The van der Waals surface area contributed by atoms with Crippen LogP contribution in [0.2, 0.25) is 0 Å². The molecule has 4 heteroatoms. The van der Waals surface area contributed by atoms with Crippen molar-refractivity contribution in [2.75, 3.05) is 13.7 Å². The minimum Gasteiger partial charge on any atom is -0.378 e. The maximum atomic E-state index is 5.69. The summed E-state index contributed by atoms with van der Waals surface area (Å²) < 4.78 is 7.95. The van der Waals surface area contributed by atoms with E-state index >= 15 is 0 Å². The number of ether oxygens (including phenoxy) is 1. The van der Waals surface area contributed by atoms with Crippen LogP contribution in [0.4, 0.5) is 0 Å². The molecule has 18 heavy (non-hydrogen) atoms. The molecule has 1 saturated heterocycles. The van der Waals surface area contributed by atoms with Gasteiger partial charge in [0.1, 0.15) is 5.82 Å². The summed E-state index contributed by atoms with van der Waals surface area (Å²) in [6.07, 6.45) is 10.3. The highest BCUT2D eigenvalue weighted by atomic mass is 16.5. The summed E-state index contributed by atoms with van der Waals surface area (Å²) in [7, 11) is 2.02. The first-order chi connectivity index (χ1) is 8.85. The summed E-state index contributed by atoms with van der Waals surface area (Å²) >= 11 is 0. The Hall–Kier alpha value is -0.870. The van der Waals surface area contributed by atoms with Crippen LogP contribution in [-0.4, -0.2) is 29.3 Å². The molecule has 2 atom stereocenters. The molecule has 2 rings (SSSR count). The molecule has 1 aromatic rings. The second-order valence-electron chi connectivity index (χ2n) is 5.03. The van der Waals surface area contributed by atoms with Gasteiger partial charge in [0.2, 0.25) is 0 Å². The Kier molecular flexibility index (Phi) is 5.20. The van der Waals surface area contributed by atoms with Crippen LogP contribution in [0.3, 0.4) is 0 Å². The van der Waals surface area contributed by atoms with Crippen LogP contribution in [0.25, 0.3) is 0 Å². The fourth-order valence-electron chi connectivity index (χ4n) is 2.69. The van der Waals surface area contributed by atoms with Crippen molar-refractivity contribution in [2.45, 2.75) is 57.7 Å². The smallest absolute Gasteiger partial charge is 0.125 e. The third kappa shape index (κ3) is 3.33. The number of hydrogen-bond acceptors (Lipinski definition) is 3. The summed E-state index contributed by atoms with van der Waals surface area (Å²) in [4.78, 5) is 4.51. The standard InChI is InChI=1S/C14H25N3O/c1-3-9-17-10-8-16-14(17)13(15-2)7-6-12-5-4-11-18-12/h8,10,12-13,15H,3-7,9,11H2,1-2H3. The minimum absolute atomic E-state index is 0.343. The van der Waals surface area contributed by atoms with Gasteiger partial charge in [-0.05, 0) is 39.2 Å². The molecule has 0 bridgehead atoms. The molecule has 102 valence electrons. The van der Waals surface area contributed by atoms with Gasteiger partial charge in [0, 0.05) is 25.5 Å². The van der Waals surface area contributed by atoms with E-state index in [1.54, 1.807) is 0 Å². The Morgan fingerprint density at radius 2 is 2.50 bits per heavy atom. The van der Waals surface area contributed by atoms with Crippen molar-refractivity contribution in [1.82, 2.24) is 14.9 Å². The van der Waals surface area contributed by atoms with Crippen LogP contribution in [-0.2, 0) is 11.3 Å². The maximum absolute atomic E-state index is 5.69. The van der Waals surface area contributed by atoms with Crippen molar-refractivity contribution >= 4 is 0 Å². The SMILES string of the molecule is CCCn1ccnc1C(CCC1CCCO1)NC. The van der Waals surface area contributed by atoms with Gasteiger partial charge in [0.15, 0.2) is 0 Å². The van der Waals surface area contributed by atoms with Crippen molar-refractivity contribution in [2.24, 2.45) is 0 Å². The molecule has 0 radical (unpaired) electrons. The van der Waals surface area contributed by atoms with E-state index < -0.39 is 0 Å². The number of imidazole rings is 1. The van der Waals surface area contributed by atoms with E-state index in [4.69, 9.17) is 4.74 Å². The van der Waals surface area contributed by atoms with Crippen LogP contribution < -0.4 is 5.32 Å².